The predicted molar refractivity (Wildman–Crippen MR) is 71.1 cm³/mol. The molecule has 0 heterocycles. The molecule has 3 N–H and O–H groups in total. The van der Waals surface area contributed by atoms with Gasteiger partial charge in [-0.25, -0.2) is 0 Å². The van der Waals surface area contributed by atoms with Crippen molar-refractivity contribution in [1.29, 1.82) is 0 Å². The maximum atomic E-state index is 12.5. The van der Waals surface area contributed by atoms with Crippen molar-refractivity contribution in [3.8, 4) is 0 Å². The minimum Gasteiger partial charge on any atom is -0.368 e. The van der Waals surface area contributed by atoms with E-state index < -0.39 is 29.6 Å². The van der Waals surface area contributed by atoms with E-state index in [1.807, 2.05) is 0 Å². The van der Waals surface area contributed by atoms with E-state index in [4.69, 9.17) is 5.73 Å². The van der Waals surface area contributed by atoms with Gasteiger partial charge in [0.2, 0.25) is 11.8 Å². The maximum absolute atomic E-state index is 12.5. The van der Waals surface area contributed by atoms with Gasteiger partial charge in [-0.3, -0.25) is 9.59 Å². The first-order chi connectivity index (χ1) is 9.74. The van der Waals surface area contributed by atoms with Crippen LogP contribution in [-0.2, 0) is 22.2 Å². The van der Waals surface area contributed by atoms with Gasteiger partial charge in [-0.2, -0.15) is 13.2 Å². The molecule has 0 fully saturated rings. The molecule has 0 aliphatic rings. The van der Waals surface area contributed by atoms with Crippen molar-refractivity contribution < 1.29 is 22.8 Å². The van der Waals surface area contributed by atoms with Crippen molar-refractivity contribution in [2.75, 3.05) is 0 Å². The molecule has 0 saturated carbocycles. The minimum absolute atomic E-state index is 0.156. The van der Waals surface area contributed by atoms with E-state index >= 15 is 0 Å². The number of hydrogen-bond acceptors (Lipinski definition) is 2. The number of nitrogens with two attached hydrogens (primary N) is 1. The van der Waals surface area contributed by atoms with Gasteiger partial charge in [0.1, 0.15) is 6.04 Å². The number of primary amides is 1. The van der Waals surface area contributed by atoms with Crippen LogP contribution >= 0.6 is 0 Å². The lowest BCUT2D eigenvalue weighted by Gasteiger charge is -2.14. The summed E-state index contributed by atoms with van der Waals surface area (Å²) in [5.41, 5.74) is 4.47. The number of rotatable bonds is 6. The molecule has 0 radical (unpaired) electrons. The van der Waals surface area contributed by atoms with Crippen molar-refractivity contribution in [2.45, 2.75) is 25.1 Å². The summed E-state index contributed by atoms with van der Waals surface area (Å²) < 4.78 is 37.6. The van der Waals surface area contributed by atoms with Crippen molar-refractivity contribution in [1.82, 2.24) is 5.32 Å². The number of alkyl halides is 3. The number of halogens is 3. The monoisotopic (exact) mass is 300 g/mol. The SMILES string of the molecule is C=CC[C@H](NC(=O)Cc1cccc(C(F)(F)F)c1)C(N)=O. The van der Waals surface area contributed by atoms with Gasteiger partial charge in [0.05, 0.1) is 12.0 Å². The summed E-state index contributed by atoms with van der Waals surface area (Å²) in [6, 6.07) is 3.53. The molecule has 0 saturated heterocycles. The lowest BCUT2D eigenvalue weighted by molar-refractivity contribution is -0.137. The highest BCUT2D eigenvalue weighted by Crippen LogP contribution is 2.29. The first-order valence-electron chi connectivity index (χ1n) is 6.09. The topological polar surface area (TPSA) is 72.2 Å². The lowest BCUT2D eigenvalue weighted by atomic mass is 10.1. The van der Waals surface area contributed by atoms with Crippen molar-refractivity contribution >= 4 is 11.8 Å². The second kappa shape index (κ2) is 6.92. The van der Waals surface area contributed by atoms with Crippen molar-refractivity contribution in [2.24, 2.45) is 5.73 Å². The van der Waals surface area contributed by atoms with E-state index in [2.05, 4.69) is 11.9 Å². The Morgan fingerprint density at radius 1 is 1.38 bits per heavy atom. The molecule has 1 atom stereocenters. The molecule has 21 heavy (non-hydrogen) atoms. The summed E-state index contributed by atoms with van der Waals surface area (Å²) in [5, 5.41) is 2.36. The van der Waals surface area contributed by atoms with Gasteiger partial charge in [-0.1, -0.05) is 24.3 Å². The number of nitrogens with one attached hydrogen (secondary N) is 1. The van der Waals surface area contributed by atoms with Gasteiger partial charge >= 0.3 is 6.18 Å². The van der Waals surface area contributed by atoms with E-state index in [0.29, 0.717) is 0 Å². The summed E-state index contributed by atoms with van der Waals surface area (Å²) in [6.07, 6.45) is -3.17. The largest absolute Gasteiger partial charge is 0.416 e. The molecule has 7 heteroatoms. The summed E-state index contributed by atoms with van der Waals surface area (Å²) in [4.78, 5) is 22.8. The zero-order chi connectivity index (χ0) is 16.0. The number of benzene rings is 1. The van der Waals surface area contributed by atoms with Crippen LogP contribution in [-0.4, -0.2) is 17.9 Å². The third-order valence-electron chi connectivity index (χ3n) is 2.70. The number of carbonyl (C=O) groups is 2. The molecular weight excluding hydrogens is 285 g/mol. The van der Waals surface area contributed by atoms with Gasteiger partial charge in [0.25, 0.3) is 0 Å². The molecule has 0 bridgehead atoms. The number of amides is 2. The average Bonchev–Trinajstić information content (AvgIpc) is 2.37. The van der Waals surface area contributed by atoms with Crippen molar-refractivity contribution in [3.63, 3.8) is 0 Å². The Morgan fingerprint density at radius 2 is 2.05 bits per heavy atom. The second-order valence-corrected chi connectivity index (χ2v) is 4.42. The summed E-state index contributed by atoms with van der Waals surface area (Å²) >= 11 is 0. The normalized spacial score (nSPS) is 12.5. The molecule has 114 valence electrons. The van der Waals surface area contributed by atoms with Crippen LogP contribution in [0.3, 0.4) is 0 Å². The van der Waals surface area contributed by atoms with Crippen LogP contribution < -0.4 is 11.1 Å². The minimum atomic E-state index is -4.47. The van der Waals surface area contributed by atoms with E-state index in [1.54, 1.807) is 0 Å². The zero-order valence-electron chi connectivity index (χ0n) is 11.1. The predicted octanol–water partition coefficient (Wildman–Crippen LogP) is 1.79. The van der Waals surface area contributed by atoms with E-state index in [1.165, 1.54) is 18.2 Å². The van der Waals surface area contributed by atoms with Gasteiger partial charge in [-0.15, -0.1) is 6.58 Å². The molecule has 1 aromatic rings. The van der Waals surface area contributed by atoms with Crippen LogP contribution in [0.15, 0.2) is 36.9 Å². The smallest absolute Gasteiger partial charge is 0.368 e. The summed E-state index contributed by atoms with van der Waals surface area (Å²) in [5.74, 6) is -1.31. The standard InChI is InChI=1S/C14H15F3N2O2/c1-2-4-11(13(18)21)19-12(20)8-9-5-3-6-10(7-9)14(15,16)17/h2-3,5-7,11H,1,4,8H2,(H2,18,21)(H,19,20)/t11-/m0/s1. The van der Waals surface area contributed by atoms with Gasteiger partial charge in [0.15, 0.2) is 0 Å². The summed E-state index contributed by atoms with van der Waals surface area (Å²) in [6.45, 7) is 3.43. The van der Waals surface area contributed by atoms with E-state index in [-0.39, 0.29) is 18.4 Å². The quantitative estimate of drug-likeness (QED) is 0.786. The Morgan fingerprint density at radius 3 is 2.57 bits per heavy atom. The van der Waals surface area contributed by atoms with Crippen LogP contribution in [0.1, 0.15) is 17.5 Å². The van der Waals surface area contributed by atoms with Crippen LogP contribution in [0.2, 0.25) is 0 Å². The molecule has 4 nitrogen and oxygen atoms in total. The Bertz CT molecular complexity index is 541. The first-order valence-corrected chi connectivity index (χ1v) is 6.09. The second-order valence-electron chi connectivity index (χ2n) is 4.42. The van der Waals surface area contributed by atoms with Gasteiger partial charge < -0.3 is 11.1 Å². The fraction of sp³-hybridized carbons (Fsp3) is 0.286. The highest BCUT2D eigenvalue weighted by molar-refractivity contribution is 5.87. The molecule has 0 aliphatic heterocycles. The fourth-order valence-corrected chi connectivity index (χ4v) is 1.70. The average molecular weight is 300 g/mol. The highest BCUT2D eigenvalue weighted by atomic mass is 19.4. The Balaban J connectivity index is 2.75. The molecule has 0 spiro atoms. The maximum Gasteiger partial charge on any atom is 0.416 e. The third kappa shape index (κ3) is 5.29. The summed E-state index contributed by atoms with van der Waals surface area (Å²) in [7, 11) is 0. The zero-order valence-corrected chi connectivity index (χ0v) is 11.1. The molecule has 2 amide bonds. The Hall–Kier alpha value is -2.31. The number of hydrogen-bond donors (Lipinski definition) is 2. The van der Waals surface area contributed by atoms with E-state index in [0.717, 1.165) is 12.1 Å². The van der Waals surface area contributed by atoms with Crippen LogP contribution in [0.5, 0.6) is 0 Å². The van der Waals surface area contributed by atoms with Crippen LogP contribution in [0.4, 0.5) is 13.2 Å². The molecular formula is C14H15F3N2O2. The Kier molecular flexibility index (Phi) is 5.52. The van der Waals surface area contributed by atoms with Crippen molar-refractivity contribution in [3.05, 3.63) is 48.0 Å². The van der Waals surface area contributed by atoms with Crippen LogP contribution in [0, 0.1) is 0 Å². The lowest BCUT2D eigenvalue weighted by Crippen LogP contribution is -2.44. The molecule has 0 unspecified atom stereocenters. The third-order valence-corrected chi connectivity index (χ3v) is 2.70. The highest BCUT2D eigenvalue weighted by Gasteiger charge is 2.30. The molecule has 1 rings (SSSR count). The molecule has 1 aromatic carbocycles. The van der Waals surface area contributed by atoms with Gasteiger partial charge in [0, 0.05) is 0 Å². The van der Waals surface area contributed by atoms with E-state index in [9.17, 15) is 22.8 Å². The molecule has 0 aromatic heterocycles. The Labute approximate surface area is 119 Å². The molecule has 0 aliphatic carbocycles. The fourth-order valence-electron chi connectivity index (χ4n) is 1.70. The number of carbonyl (C=O) groups excluding carboxylic acids is 2. The first kappa shape index (κ1) is 16.7. The van der Waals surface area contributed by atoms with Crippen LogP contribution in [0.25, 0.3) is 0 Å². The van der Waals surface area contributed by atoms with Gasteiger partial charge in [-0.05, 0) is 18.1 Å².